The topological polar surface area (TPSA) is 85.5 Å². The van der Waals surface area contributed by atoms with Gasteiger partial charge in [0.2, 0.25) is 0 Å². The average Bonchev–Trinajstić information content (AvgIpc) is 3.71. The van der Waals surface area contributed by atoms with Crippen molar-refractivity contribution in [1.29, 1.82) is 0 Å². The summed E-state index contributed by atoms with van der Waals surface area (Å²) in [6, 6.07) is 24.8. The van der Waals surface area contributed by atoms with Gasteiger partial charge in [0.15, 0.2) is 5.11 Å². The molecule has 198 valence electrons. The fourth-order valence-corrected chi connectivity index (χ4v) is 6.41. The van der Waals surface area contributed by atoms with Crippen LogP contribution >= 0.6 is 24.0 Å². The molecular weight excluding hydrogens is 530 g/mol. The van der Waals surface area contributed by atoms with E-state index in [-0.39, 0.29) is 28.8 Å². The van der Waals surface area contributed by atoms with Crippen LogP contribution in [-0.2, 0) is 11.3 Å². The van der Waals surface area contributed by atoms with E-state index in [0.29, 0.717) is 5.11 Å². The predicted molar refractivity (Wildman–Crippen MR) is 155 cm³/mol. The number of non-ortho nitro benzene ring substituents is 1. The van der Waals surface area contributed by atoms with Crippen molar-refractivity contribution < 1.29 is 9.66 Å². The Bertz CT molecular complexity index is 1450. The van der Waals surface area contributed by atoms with Gasteiger partial charge in [0.25, 0.3) is 5.69 Å². The van der Waals surface area contributed by atoms with E-state index < -0.39 is 0 Å². The molecule has 6 rings (SSSR count). The largest absolute Gasteiger partial charge is 0.376 e. The molecule has 0 aliphatic carbocycles. The van der Waals surface area contributed by atoms with Gasteiger partial charge < -0.3 is 19.5 Å². The predicted octanol–water partition coefficient (Wildman–Crippen LogP) is 6.30. The van der Waals surface area contributed by atoms with Crippen molar-refractivity contribution in [3.63, 3.8) is 0 Å². The van der Waals surface area contributed by atoms with Crippen LogP contribution in [0.5, 0.6) is 0 Å². The summed E-state index contributed by atoms with van der Waals surface area (Å²) < 4.78 is 8.23. The van der Waals surface area contributed by atoms with Gasteiger partial charge in [0.05, 0.1) is 22.8 Å². The second-order valence-corrected chi connectivity index (χ2v) is 11.1. The molecule has 0 amide bonds. The lowest BCUT2D eigenvalue weighted by molar-refractivity contribution is -0.384. The van der Waals surface area contributed by atoms with Crippen molar-refractivity contribution in [2.75, 3.05) is 11.5 Å². The normalized spacial score (nSPS) is 20.8. The zero-order valence-corrected chi connectivity index (χ0v) is 22.7. The van der Waals surface area contributed by atoms with Gasteiger partial charge in [-0.25, -0.2) is 0 Å². The maximum absolute atomic E-state index is 11.0. The summed E-state index contributed by atoms with van der Waals surface area (Å²) in [5.74, 6) is 0. The Morgan fingerprint density at radius 1 is 1.05 bits per heavy atom. The molecule has 0 saturated carbocycles. The molecule has 4 heterocycles. The Morgan fingerprint density at radius 3 is 2.49 bits per heavy atom. The van der Waals surface area contributed by atoms with E-state index in [1.165, 1.54) is 12.1 Å². The molecule has 2 saturated heterocycles. The lowest BCUT2D eigenvalue weighted by atomic mass is 10.0. The number of anilines is 1. The van der Waals surface area contributed by atoms with Gasteiger partial charge in [0.1, 0.15) is 6.04 Å². The third-order valence-corrected chi connectivity index (χ3v) is 8.42. The second-order valence-electron chi connectivity index (χ2n) is 9.56. The highest BCUT2D eigenvalue weighted by atomic mass is 32.2. The van der Waals surface area contributed by atoms with Crippen LogP contribution in [0.2, 0.25) is 0 Å². The van der Waals surface area contributed by atoms with Gasteiger partial charge in [-0.2, -0.15) is 0 Å². The highest BCUT2D eigenvalue weighted by Gasteiger charge is 2.42. The molecule has 2 fully saturated rings. The van der Waals surface area contributed by atoms with Gasteiger partial charge >= 0.3 is 0 Å². The van der Waals surface area contributed by atoms with Gasteiger partial charge in [-0.3, -0.25) is 15.1 Å². The van der Waals surface area contributed by atoms with Crippen LogP contribution in [0.3, 0.4) is 0 Å². The van der Waals surface area contributed by atoms with Crippen molar-refractivity contribution in [2.45, 2.75) is 47.4 Å². The number of thiocarbonyl (C=S) groups is 1. The number of pyridine rings is 1. The summed E-state index contributed by atoms with van der Waals surface area (Å²) in [4.78, 5) is 19.4. The molecule has 3 unspecified atom stereocenters. The summed E-state index contributed by atoms with van der Waals surface area (Å²) in [5.41, 5.74) is 3.15. The van der Waals surface area contributed by atoms with Crippen LogP contribution in [0.1, 0.15) is 36.3 Å². The number of nitro benzene ring substituents is 1. The third-order valence-electron chi connectivity index (χ3n) is 7.09. The zero-order valence-electron chi connectivity index (χ0n) is 21.1. The number of hydrogen-bond acceptors (Lipinski definition) is 6. The minimum atomic E-state index is -0.387. The fraction of sp³-hybridized carbons (Fsp3) is 0.241. The van der Waals surface area contributed by atoms with Crippen LogP contribution < -0.4 is 10.2 Å². The Balaban J connectivity index is 1.30. The number of ether oxygens (including phenoxy) is 1. The van der Waals surface area contributed by atoms with Crippen molar-refractivity contribution >= 4 is 40.5 Å². The highest BCUT2D eigenvalue weighted by Crippen LogP contribution is 2.42. The van der Waals surface area contributed by atoms with Crippen LogP contribution in [0.25, 0.3) is 0 Å². The molecule has 10 heteroatoms. The maximum atomic E-state index is 11.0. The molecule has 1 N–H and O–H groups in total. The lowest BCUT2D eigenvalue weighted by Crippen LogP contribution is -2.31. The molecule has 3 atom stereocenters. The average molecular weight is 558 g/mol. The molecule has 0 radical (unpaired) electrons. The number of nitrogens with one attached hydrogen (secondary N) is 1. The van der Waals surface area contributed by atoms with E-state index in [2.05, 4.69) is 62.4 Å². The van der Waals surface area contributed by atoms with E-state index >= 15 is 0 Å². The number of hydrogen-bond donors (Lipinski definition) is 1. The van der Waals surface area contributed by atoms with Crippen LogP contribution in [-0.4, -0.2) is 32.3 Å². The van der Waals surface area contributed by atoms with Crippen LogP contribution in [0, 0.1) is 10.1 Å². The minimum Gasteiger partial charge on any atom is -0.376 e. The van der Waals surface area contributed by atoms with Gasteiger partial charge in [-0.1, -0.05) is 17.8 Å². The van der Waals surface area contributed by atoms with E-state index in [1.54, 1.807) is 23.9 Å². The molecule has 2 aliphatic heterocycles. The first-order valence-corrected chi connectivity index (χ1v) is 14.1. The number of benzene rings is 2. The second kappa shape index (κ2) is 11.2. The van der Waals surface area contributed by atoms with Gasteiger partial charge in [-0.15, -0.1) is 0 Å². The molecule has 4 aromatic rings. The molecule has 39 heavy (non-hydrogen) atoms. The number of nitrogens with zero attached hydrogens (tertiary/aromatic N) is 4. The first kappa shape index (κ1) is 25.5. The summed E-state index contributed by atoms with van der Waals surface area (Å²) in [6.45, 7) is 1.63. The van der Waals surface area contributed by atoms with Crippen molar-refractivity contribution in [3.8, 4) is 0 Å². The summed E-state index contributed by atoms with van der Waals surface area (Å²) in [6.07, 6.45) is 6.32. The van der Waals surface area contributed by atoms with Gasteiger partial charge in [-0.05, 0) is 85.7 Å². The van der Waals surface area contributed by atoms with Crippen LogP contribution in [0.4, 0.5) is 11.4 Å². The fourth-order valence-electron chi connectivity index (χ4n) is 5.25. The lowest BCUT2D eigenvalue weighted by Gasteiger charge is -2.29. The minimum absolute atomic E-state index is 0.0856. The molecular formula is C29H27N5O3S2. The van der Waals surface area contributed by atoms with Gasteiger partial charge in [0, 0.05) is 58.9 Å². The molecule has 2 aliphatic rings. The standard InChI is InChI=1S/C29H27N5O3S2/c35-34(36)21-10-14-24(15-11-21)39-23-12-8-20(9-13-23)33-28(27(31-29(33)38)25-6-1-2-16-30-25)26-7-3-17-32(26)19-22-5-4-18-37-22/h1-3,6-17,22,27-28H,4-5,18-19H2,(H,31,38). The van der Waals surface area contributed by atoms with Crippen molar-refractivity contribution in [3.05, 3.63) is 113 Å². The number of rotatable bonds is 8. The smallest absolute Gasteiger partial charge is 0.269 e. The van der Waals surface area contributed by atoms with E-state index in [4.69, 9.17) is 17.0 Å². The summed E-state index contributed by atoms with van der Waals surface area (Å²) in [7, 11) is 0. The molecule has 0 spiro atoms. The maximum Gasteiger partial charge on any atom is 0.269 e. The van der Waals surface area contributed by atoms with E-state index in [1.807, 2.05) is 24.4 Å². The molecule has 2 aromatic carbocycles. The summed E-state index contributed by atoms with van der Waals surface area (Å²) >= 11 is 7.46. The quantitative estimate of drug-likeness (QED) is 0.154. The molecule has 2 aromatic heterocycles. The molecule has 0 bridgehead atoms. The Labute approximate surface area is 236 Å². The Hall–Kier alpha value is -3.73. The summed E-state index contributed by atoms with van der Waals surface area (Å²) in [5, 5.41) is 15.1. The molecule has 8 nitrogen and oxygen atoms in total. The number of aromatic nitrogens is 2. The first-order valence-electron chi connectivity index (χ1n) is 12.9. The Kier molecular flexibility index (Phi) is 7.32. The monoisotopic (exact) mass is 557 g/mol. The van der Waals surface area contributed by atoms with Crippen molar-refractivity contribution in [2.24, 2.45) is 0 Å². The highest BCUT2D eigenvalue weighted by molar-refractivity contribution is 7.99. The van der Waals surface area contributed by atoms with Crippen molar-refractivity contribution in [1.82, 2.24) is 14.9 Å². The van der Waals surface area contributed by atoms with Crippen LogP contribution in [0.15, 0.2) is 101 Å². The SMILES string of the molecule is O=[N+]([O-])c1ccc(Sc2ccc(N3C(=S)NC(c4ccccn4)C3c3cccn3CC3CCCO3)cc2)cc1. The number of nitro groups is 1. The first-order chi connectivity index (χ1) is 19.1. The van der Waals surface area contributed by atoms with E-state index in [9.17, 15) is 10.1 Å². The van der Waals surface area contributed by atoms with E-state index in [0.717, 1.165) is 52.9 Å². The zero-order chi connectivity index (χ0) is 26.8. The Morgan fingerprint density at radius 2 is 1.82 bits per heavy atom. The third kappa shape index (κ3) is 5.40.